The molecule has 0 saturated carbocycles. The minimum atomic E-state index is 0.885. The van der Waals surface area contributed by atoms with Gasteiger partial charge in [0.05, 0.1) is 0 Å². The van der Waals surface area contributed by atoms with E-state index in [-0.39, 0.29) is 0 Å². The molecule has 14 heavy (non-hydrogen) atoms. The third-order valence-corrected chi connectivity index (χ3v) is 2.61. The Balaban J connectivity index is 3.06. The Morgan fingerprint density at radius 2 is 1.50 bits per heavy atom. The summed E-state index contributed by atoms with van der Waals surface area (Å²) >= 11 is 0. The molecule has 86 valence electrons. The second-order valence-electron chi connectivity index (χ2n) is 4.10. The Bertz CT molecular complexity index is 104. The largest absolute Gasteiger partial charge is 0.317 e. The summed E-state index contributed by atoms with van der Waals surface area (Å²) in [6.45, 7) is 11.3. The first-order valence-electron chi connectivity index (χ1n) is 6.22. The Labute approximate surface area is 89.9 Å². The molecule has 0 aliphatic heterocycles. The molecule has 0 aromatic rings. The van der Waals surface area contributed by atoms with E-state index < -0.39 is 0 Å². The van der Waals surface area contributed by atoms with Crippen molar-refractivity contribution in [2.24, 2.45) is 5.92 Å². The summed E-state index contributed by atoms with van der Waals surface area (Å²) in [6.07, 6.45) is 5.42. The highest BCUT2D eigenvalue weighted by atomic mass is 14.8. The Hall–Kier alpha value is -0.0800. The predicted molar refractivity (Wildman–Crippen MR) is 64.7 cm³/mol. The molecule has 2 heteroatoms. The van der Waals surface area contributed by atoms with Gasteiger partial charge < -0.3 is 10.6 Å². The lowest BCUT2D eigenvalue weighted by Crippen LogP contribution is -2.17. The van der Waals surface area contributed by atoms with Crippen LogP contribution in [-0.2, 0) is 0 Å². The van der Waals surface area contributed by atoms with Gasteiger partial charge in [0, 0.05) is 0 Å². The summed E-state index contributed by atoms with van der Waals surface area (Å²) in [4.78, 5) is 0. The maximum atomic E-state index is 3.38. The van der Waals surface area contributed by atoms with E-state index in [0.717, 1.165) is 19.0 Å². The predicted octanol–water partition coefficient (Wildman–Crippen LogP) is 2.40. The van der Waals surface area contributed by atoms with Crippen LogP contribution >= 0.6 is 0 Å². The molecule has 2 N–H and O–H groups in total. The van der Waals surface area contributed by atoms with Crippen LogP contribution in [-0.4, -0.2) is 26.2 Å². The molecular formula is C12H28N2. The molecule has 0 heterocycles. The van der Waals surface area contributed by atoms with Gasteiger partial charge in [0.1, 0.15) is 0 Å². The van der Waals surface area contributed by atoms with Crippen molar-refractivity contribution >= 4 is 0 Å². The van der Waals surface area contributed by atoms with Gasteiger partial charge in [-0.25, -0.2) is 0 Å². The molecule has 0 saturated heterocycles. The lowest BCUT2D eigenvalue weighted by Gasteiger charge is -2.11. The SMILES string of the molecule is CCNCCCCC(C)CCNCC. The Morgan fingerprint density at radius 1 is 0.857 bits per heavy atom. The zero-order valence-electron chi connectivity index (χ0n) is 10.2. The van der Waals surface area contributed by atoms with Crippen molar-refractivity contribution in [3.8, 4) is 0 Å². The van der Waals surface area contributed by atoms with Crippen LogP contribution in [0.25, 0.3) is 0 Å². The highest BCUT2D eigenvalue weighted by molar-refractivity contribution is 4.56. The van der Waals surface area contributed by atoms with Crippen molar-refractivity contribution in [1.29, 1.82) is 0 Å². The molecule has 1 unspecified atom stereocenters. The van der Waals surface area contributed by atoms with Gasteiger partial charge in [-0.05, 0) is 44.9 Å². The summed E-state index contributed by atoms with van der Waals surface area (Å²) < 4.78 is 0. The minimum absolute atomic E-state index is 0.885. The van der Waals surface area contributed by atoms with Crippen LogP contribution in [0, 0.1) is 5.92 Å². The van der Waals surface area contributed by atoms with E-state index in [1.54, 1.807) is 0 Å². The molecule has 2 nitrogen and oxygen atoms in total. The van der Waals surface area contributed by atoms with E-state index in [1.165, 1.54) is 38.8 Å². The van der Waals surface area contributed by atoms with Crippen LogP contribution in [0.5, 0.6) is 0 Å². The van der Waals surface area contributed by atoms with E-state index in [9.17, 15) is 0 Å². The zero-order valence-corrected chi connectivity index (χ0v) is 10.2. The molecule has 0 rings (SSSR count). The fourth-order valence-corrected chi connectivity index (χ4v) is 1.59. The fourth-order valence-electron chi connectivity index (χ4n) is 1.59. The van der Waals surface area contributed by atoms with Crippen LogP contribution in [0.15, 0.2) is 0 Å². The molecule has 0 aliphatic rings. The summed E-state index contributed by atoms with van der Waals surface area (Å²) in [5, 5.41) is 6.74. The maximum absolute atomic E-state index is 3.38. The molecule has 0 aromatic heterocycles. The summed E-state index contributed by atoms with van der Waals surface area (Å²) in [5.74, 6) is 0.885. The number of nitrogens with one attached hydrogen (secondary N) is 2. The van der Waals surface area contributed by atoms with Gasteiger partial charge in [0.15, 0.2) is 0 Å². The lowest BCUT2D eigenvalue weighted by atomic mass is 10.0. The molecule has 0 aliphatic carbocycles. The fraction of sp³-hybridized carbons (Fsp3) is 1.00. The van der Waals surface area contributed by atoms with Crippen LogP contribution in [0.4, 0.5) is 0 Å². The smallest absolute Gasteiger partial charge is 0.00465 e. The number of hydrogen-bond donors (Lipinski definition) is 2. The second-order valence-corrected chi connectivity index (χ2v) is 4.10. The number of unbranched alkanes of at least 4 members (excludes halogenated alkanes) is 1. The third kappa shape index (κ3) is 10.0. The molecule has 0 spiro atoms. The maximum Gasteiger partial charge on any atom is -0.00465 e. The van der Waals surface area contributed by atoms with Gasteiger partial charge in [0.25, 0.3) is 0 Å². The van der Waals surface area contributed by atoms with Gasteiger partial charge in [-0.15, -0.1) is 0 Å². The second kappa shape index (κ2) is 11.0. The van der Waals surface area contributed by atoms with E-state index in [0.29, 0.717) is 0 Å². The topological polar surface area (TPSA) is 24.1 Å². The monoisotopic (exact) mass is 200 g/mol. The highest BCUT2D eigenvalue weighted by Gasteiger charge is 2.00. The average Bonchev–Trinajstić information content (AvgIpc) is 2.18. The quantitative estimate of drug-likeness (QED) is 0.529. The summed E-state index contributed by atoms with van der Waals surface area (Å²) in [7, 11) is 0. The van der Waals surface area contributed by atoms with Crippen molar-refractivity contribution < 1.29 is 0 Å². The molecular weight excluding hydrogens is 172 g/mol. The zero-order chi connectivity index (χ0) is 10.6. The first-order chi connectivity index (χ1) is 6.81. The standard InChI is InChI=1S/C12H28N2/c1-4-13-10-7-6-8-12(3)9-11-14-5-2/h12-14H,4-11H2,1-3H3. The van der Waals surface area contributed by atoms with Crippen molar-refractivity contribution in [1.82, 2.24) is 10.6 Å². The lowest BCUT2D eigenvalue weighted by molar-refractivity contribution is 0.448. The van der Waals surface area contributed by atoms with E-state index in [2.05, 4.69) is 31.4 Å². The van der Waals surface area contributed by atoms with Crippen LogP contribution in [0.2, 0.25) is 0 Å². The first kappa shape index (κ1) is 13.9. The first-order valence-corrected chi connectivity index (χ1v) is 6.22. The van der Waals surface area contributed by atoms with Gasteiger partial charge in [0.2, 0.25) is 0 Å². The van der Waals surface area contributed by atoms with Crippen LogP contribution in [0.1, 0.15) is 46.5 Å². The molecule has 0 aromatic carbocycles. The van der Waals surface area contributed by atoms with E-state index >= 15 is 0 Å². The third-order valence-electron chi connectivity index (χ3n) is 2.61. The van der Waals surface area contributed by atoms with Gasteiger partial charge in [-0.1, -0.05) is 33.6 Å². The molecule has 0 amide bonds. The minimum Gasteiger partial charge on any atom is -0.317 e. The van der Waals surface area contributed by atoms with Crippen molar-refractivity contribution in [2.75, 3.05) is 26.2 Å². The molecule has 1 atom stereocenters. The van der Waals surface area contributed by atoms with E-state index in [1.807, 2.05) is 0 Å². The average molecular weight is 200 g/mol. The van der Waals surface area contributed by atoms with E-state index in [4.69, 9.17) is 0 Å². The van der Waals surface area contributed by atoms with Crippen molar-refractivity contribution in [3.05, 3.63) is 0 Å². The molecule has 0 radical (unpaired) electrons. The highest BCUT2D eigenvalue weighted by Crippen LogP contribution is 2.10. The van der Waals surface area contributed by atoms with Gasteiger partial charge in [-0.2, -0.15) is 0 Å². The molecule has 0 fully saturated rings. The van der Waals surface area contributed by atoms with Crippen LogP contribution in [0.3, 0.4) is 0 Å². The normalized spacial score (nSPS) is 13.1. The summed E-state index contributed by atoms with van der Waals surface area (Å²) in [5.41, 5.74) is 0. The van der Waals surface area contributed by atoms with Gasteiger partial charge in [-0.3, -0.25) is 0 Å². The summed E-state index contributed by atoms with van der Waals surface area (Å²) in [6, 6.07) is 0. The van der Waals surface area contributed by atoms with Crippen molar-refractivity contribution in [3.63, 3.8) is 0 Å². The Kier molecular flexibility index (Phi) is 10.9. The van der Waals surface area contributed by atoms with Gasteiger partial charge >= 0.3 is 0 Å². The van der Waals surface area contributed by atoms with Crippen molar-refractivity contribution in [2.45, 2.75) is 46.5 Å². The van der Waals surface area contributed by atoms with Crippen LogP contribution < -0.4 is 10.6 Å². The molecule has 0 bridgehead atoms. The number of hydrogen-bond acceptors (Lipinski definition) is 2. The Morgan fingerprint density at radius 3 is 2.14 bits per heavy atom. The number of rotatable bonds is 10.